The molecule has 6 nitrogen and oxygen atoms in total. The summed E-state index contributed by atoms with van der Waals surface area (Å²) in [6, 6.07) is 0. The van der Waals surface area contributed by atoms with Crippen molar-refractivity contribution in [3.63, 3.8) is 0 Å². The lowest BCUT2D eigenvalue weighted by Crippen LogP contribution is -2.34. The minimum Gasteiger partial charge on any atom is -0.461 e. The summed E-state index contributed by atoms with van der Waals surface area (Å²) in [4.78, 5) is 35.7. The molecular formula is C20H26O6. The van der Waals surface area contributed by atoms with Crippen LogP contribution in [-0.2, 0) is 23.9 Å². The van der Waals surface area contributed by atoms with Gasteiger partial charge in [-0.1, -0.05) is 26.5 Å². The Balaban J connectivity index is 2.38. The number of allylic oxidation sites excluding steroid dienone is 1. The van der Waals surface area contributed by atoms with Gasteiger partial charge < -0.3 is 14.6 Å². The fourth-order valence-electron chi connectivity index (χ4n) is 3.28. The molecule has 0 bridgehead atoms. The van der Waals surface area contributed by atoms with Crippen molar-refractivity contribution in [1.29, 1.82) is 0 Å². The number of fused-ring (bicyclic) bond motifs is 1. The van der Waals surface area contributed by atoms with Crippen LogP contribution in [0, 0.1) is 11.8 Å². The maximum Gasteiger partial charge on any atom is 0.334 e. The fraction of sp³-hybridized carbons (Fsp3) is 0.550. The van der Waals surface area contributed by atoms with Crippen LogP contribution in [-0.4, -0.2) is 42.1 Å². The maximum atomic E-state index is 12.2. The number of aldehydes is 1. The van der Waals surface area contributed by atoms with E-state index in [2.05, 4.69) is 6.58 Å². The van der Waals surface area contributed by atoms with Crippen LogP contribution in [0.4, 0.5) is 0 Å². The minimum absolute atomic E-state index is 0.129. The van der Waals surface area contributed by atoms with Crippen LogP contribution in [0.25, 0.3) is 0 Å². The molecule has 1 N–H and O–H groups in total. The Hall–Kier alpha value is -2.21. The number of carbonyl (C=O) groups excluding carboxylic acids is 3. The third-order valence-corrected chi connectivity index (χ3v) is 4.58. The number of aliphatic hydroxyl groups excluding tert-OH is 1. The normalized spacial score (nSPS) is 30.5. The summed E-state index contributed by atoms with van der Waals surface area (Å²) in [6.45, 7) is 7.45. The summed E-state index contributed by atoms with van der Waals surface area (Å²) in [5.74, 6) is -1.38. The van der Waals surface area contributed by atoms with Crippen molar-refractivity contribution >= 4 is 18.2 Å². The number of carbonyl (C=O) groups is 3. The number of hydrogen-bond donors (Lipinski definition) is 1. The lowest BCUT2D eigenvalue weighted by atomic mass is 9.85. The molecule has 0 radical (unpaired) electrons. The standard InChI is InChI=1S/C20H26O6/c1-12(2)7-18(23)25-16-8-14(10-21)5-4-6-15(11-22)9-17-19(16)13(3)20(24)26-17/h5,9-10,12,16-17,19,22H,3-4,6-8,11H2,1-2H3/b14-5+,15-9+/t16-,17-,19+/m1/s1. The molecule has 1 heterocycles. The molecular weight excluding hydrogens is 336 g/mol. The zero-order valence-corrected chi connectivity index (χ0v) is 15.3. The third-order valence-electron chi connectivity index (χ3n) is 4.58. The average molecular weight is 362 g/mol. The van der Waals surface area contributed by atoms with Gasteiger partial charge in [-0.05, 0) is 36.0 Å². The van der Waals surface area contributed by atoms with Gasteiger partial charge in [-0.15, -0.1) is 0 Å². The van der Waals surface area contributed by atoms with E-state index < -0.39 is 24.1 Å². The lowest BCUT2D eigenvalue weighted by molar-refractivity contribution is -0.153. The van der Waals surface area contributed by atoms with Crippen LogP contribution >= 0.6 is 0 Å². The van der Waals surface area contributed by atoms with Crippen LogP contribution in [0.1, 0.15) is 39.5 Å². The highest BCUT2D eigenvalue weighted by atomic mass is 16.6. The summed E-state index contributed by atoms with van der Waals surface area (Å²) in [5, 5.41) is 9.55. The molecule has 2 rings (SSSR count). The second-order valence-electron chi connectivity index (χ2n) is 7.17. The highest BCUT2D eigenvalue weighted by molar-refractivity contribution is 5.91. The molecule has 2 aliphatic rings. The largest absolute Gasteiger partial charge is 0.461 e. The van der Waals surface area contributed by atoms with E-state index in [1.54, 1.807) is 12.2 Å². The van der Waals surface area contributed by atoms with Gasteiger partial charge in [0.2, 0.25) is 0 Å². The van der Waals surface area contributed by atoms with E-state index in [4.69, 9.17) is 9.47 Å². The Morgan fingerprint density at radius 1 is 1.50 bits per heavy atom. The van der Waals surface area contributed by atoms with Gasteiger partial charge in [0.25, 0.3) is 0 Å². The maximum absolute atomic E-state index is 12.2. The van der Waals surface area contributed by atoms with Gasteiger partial charge in [0.1, 0.15) is 18.5 Å². The molecule has 142 valence electrons. The highest BCUT2D eigenvalue weighted by Crippen LogP contribution is 2.36. The van der Waals surface area contributed by atoms with E-state index in [1.807, 2.05) is 13.8 Å². The van der Waals surface area contributed by atoms with Crippen molar-refractivity contribution in [3.8, 4) is 0 Å². The quantitative estimate of drug-likeness (QED) is 0.349. The summed E-state index contributed by atoms with van der Waals surface area (Å²) in [6.07, 6.45) is 4.40. The van der Waals surface area contributed by atoms with Crippen molar-refractivity contribution < 1.29 is 29.0 Å². The Kier molecular flexibility index (Phi) is 6.91. The van der Waals surface area contributed by atoms with Crippen molar-refractivity contribution in [2.24, 2.45) is 11.8 Å². The predicted octanol–water partition coefficient (Wildman–Crippen LogP) is 2.27. The second kappa shape index (κ2) is 8.94. The van der Waals surface area contributed by atoms with Crippen LogP contribution in [0.15, 0.2) is 35.5 Å². The first kappa shape index (κ1) is 20.1. The van der Waals surface area contributed by atoms with Gasteiger partial charge in [-0.3, -0.25) is 9.59 Å². The number of ether oxygens (including phenoxy) is 2. The molecule has 1 aliphatic carbocycles. The van der Waals surface area contributed by atoms with Gasteiger partial charge >= 0.3 is 11.9 Å². The third kappa shape index (κ3) is 4.91. The number of rotatable bonds is 5. The van der Waals surface area contributed by atoms with E-state index in [-0.39, 0.29) is 36.9 Å². The molecule has 1 aliphatic heterocycles. The topological polar surface area (TPSA) is 89.9 Å². The van der Waals surface area contributed by atoms with Crippen LogP contribution in [0.3, 0.4) is 0 Å². The lowest BCUT2D eigenvalue weighted by Gasteiger charge is -2.27. The van der Waals surface area contributed by atoms with E-state index in [0.717, 1.165) is 6.29 Å². The smallest absolute Gasteiger partial charge is 0.334 e. The molecule has 1 saturated heterocycles. The van der Waals surface area contributed by atoms with Crippen LogP contribution in [0.5, 0.6) is 0 Å². The molecule has 0 aromatic rings. The van der Waals surface area contributed by atoms with Gasteiger partial charge in [0.05, 0.1) is 12.5 Å². The molecule has 0 aromatic heterocycles. The number of aliphatic hydroxyl groups is 1. The first-order valence-electron chi connectivity index (χ1n) is 8.89. The van der Waals surface area contributed by atoms with Gasteiger partial charge in [0.15, 0.2) is 0 Å². The van der Waals surface area contributed by atoms with Crippen LogP contribution in [0.2, 0.25) is 0 Å². The van der Waals surface area contributed by atoms with E-state index in [0.29, 0.717) is 24.0 Å². The molecule has 0 amide bonds. The Labute approximate surface area is 153 Å². The zero-order valence-electron chi connectivity index (χ0n) is 15.3. The molecule has 0 aromatic carbocycles. The Morgan fingerprint density at radius 3 is 2.85 bits per heavy atom. The van der Waals surface area contributed by atoms with E-state index >= 15 is 0 Å². The summed E-state index contributed by atoms with van der Waals surface area (Å²) in [7, 11) is 0. The number of hydrogen-bond acceptors (Lipinski definition) is 6. The van der Waals surface area contributed by atoms with Crippen molar-refractivity contribution in [2.75, 3.05) is 6.61 Å². The monoisotopic (exact) mass is 362 g/mol. The zero-order chi connectivity index (χ0) is 19.3. The van der Waals surface area contributed by atoms with Gasteiger partial charge in [-0.25, -0.2) is 4.79 Å². The number of esters is 2. The Morgan fingerprint density at radius 2 is 2.23 bits per heavy atom. The predicted molar refractivity (Wildman–Crippen MR) is 95.0 cm³/mol. The van der Waals surface area contributed by atoms with Crippen molar-refractivity contribution in [1.82, 2.24) is 0 Å². The molecule has 0 spiro atoms. The van der Waals surface area contributed by atoms with E-state index in [9.17, 15) is 19.5 Å². The summed E-state index contributed by atoms with van der Waals surface area (Å²) in [5.41, 5.74) is 1.42. The van der Waals surface area contributed by atoms with Crippen molar-refractivity contribution in [3.05, 3.63) is 35.5 Å². The summed E-state index contributed by atoms with van der Waals surface area (Å²) < 4.78 is 11.0. The first-order valence-corrected chi connectivity index (χ1v) is 8.89. The van der Waals surface area contributed by atoms with E-state index in [1.165, 1.54) is 0 Å². The van der Waals surface area contributed by atoms with Gasteiger partial charge in [-0.2, -0.15) is 0 Å². The molecule has 26 heavy (non-hydrogen) atoms. The first-order chi connectivity index (χ1) is 12.3. The minimum atomic E-state index is -0.726. The second-order valence-corrected chi connectivity index (χ2v) is 7.17. The molecule has 0 unspecified atom stereocenters. The van der Waals surface area contributed by atoms with Crippen molar-refractivity contribution in [2.45, 2.75) is 51.7 Å². The fourth-order valence-corrected chi connectivity index (χ4v) is 3.28. The van der Waals surface area contributed by atoms with Gasteiger partial charge in [0, 0.05) is 18.4 Å². The Bertz CT molecular complexity index is 643. The average Bonchev–Trinajstić information content (AvgIpc) is 2.85. The van der Waals surface area contributed by atoms with Crippen LogP contribution < -0.4 is 0 Å². The molecule has 0 saturated carbocycles. The SMILES string of the molecule is C=C1C(=O)O[C@@H]2/C=C(/CO)CC/C=C(/C=O)C[C@@H](OC(=O)CC(C)C)[C@H]12. The highest BCUT2D eigenvalue weighted by Gasteiger charge is 2.44. The molecule has 1 fully saturated rings. The summed E-state index contributed by atoms with van der Waals surface area (Å²) >= 11 is 0. The molecule has 6 heteroatoms. The molecule has 3 atom stereocenters.